The lowest BCUT2D eigenvalue weighted by Crippen LogP contribution is -2.56. The predicted molar refractivity (Wildman–Crippen MR) is 125 cm³/mol. The number of H-pyrrole nitrogens is 1. The Morgan fingerprint density at radius 2 is 1.88 bits per heavy atom. The summed E-state index contributed by atoms with van der Waals surface area (Å²) in [7, 11) is 0. The van der Waals surface area contributed by atoms with Crippen molar-refractivity contribution in [3.8, 4) is 11.5 Å². The van der Waals surface area contributed by atoms with Crippen molar-refractivity contribution in [2.45, 2.75) is 32.7 Å². The van der Waals surface area contributed by atoms with Crippen molar-refractivity contribution in [2.75, 3.05) is 44.2 Å². The number of carbonyl (C=O) groups excluding carboxylic acids is 1. The molecule has 2 aromatic heterocycles. The van der Waals surface area contributed by atoms with E-state index in [1.54, 1.807) is 6.07 Å². The maximum atomic E-state index is 13.1. The highest BCUT2D eigenvalue weighted by atomic mass is 16.3. The number of likely N-dealkylation sites (tertiary alicyclic amines) is 1. The van der Waals surface area contributed by atoms with Crippen molar-refractivity contribution in [3.63, 3.8) is 0 Å². The zero-order chi connectivity index (χ0) is 22.1. The maximum absolute atomic E-state index is 13.1. The van der Waals surface area contributed by atoms with Crippen LogP contribution in [0.5, 0.6) is 0 Å². The van der Waals surface area contributed by atoms with Crippen LogP contribution in [-0.4, -0.2) is 71.2 Å². The van der Waals surface area contributed by atoms with E-state index in [-0.39, 0.29) is 5.91 Å². The van der Waals surface area contributed by atoms with E-state index in [4.69, 9.17) is 4.42 Å². The predicted octanol–water partition coefficient (Wildman–Crippen LogP) is 3.71. The van der Waals surface area contributed by atoms with Gasteiger partial charge in [-0.2, -0.15) is 5.10 Å². The van der Waals surface area contributed by atoms with Crippen LogP contribution >= 0.6 is 0 Å². The summed E-state index contributed by atoms with van der Waals surface area (Å²) in [5.74, 6) is 1.54. The number of nitrogens with one attached hydrogen (secondary N) is 1. The number of piperidine rings is 1. The molecule has 2 aliphatic heterocycles. The van der Waals surface area contributed by atoms with Crippen LogP contribution in [0.1, 0.15) is 34.7 Å². The van der Waals surface area contributed by atoms with Crippen molar-refractivity contribution < 1.29 is 9.21 Å². The number of piperazine rings is 1. The van der Waals surface area contributed by atoms with E-state index in [0.717, 1.165) is 63.6 Å². The Bertz CT molecular complexity index is 1080. The number of carbonyl (C=O) groups is 1. The smallest absolute Gasteiger partial charge is 0.274 e. The highest BCUT2D eigenvalue weighted by molar-refractivity contribution is 5.93. The van der Waals surface area contributed by atoms with Crippen LogP contribution in [0.25, 0.3) is 11.5 Å². The molecule has 5 rings (SSSR count). The van der Waals surface area contributed by atoms with Gasteiger partial charge in [-0.25, -0.2) is 0 Å². The van der Waals surface area contributed by atoms with Crippen molar-refractivity contribution in [2.24, 2.45) is 0 Å². The van der Waals surface area contributed by atoms with Crippen LogP contribution in [0.2, 0.25) is 0 Å². The molecule has 32 heavy (non-hydrogen) atoms. The van der Waals surface area contributed by atoms with Gasteiger partial charge >= 0.3 is 0 Å². The Hall–Kier alpha value is -3.06. The third-order valence-corrected chi connectivity index (χ3v) is 6.77. The summed E-state index contributed by atoms with van der Waals surface area (Å²) < 4.78 is 5.65. The van der Waals surface area contributed by atoms with Gasteiger partial charge in [-0.3, -0.25) is 14.8 Å². The molecule has 168 valence electrons. The molecule has 0 unspecified atom stereocenters. The first-order valence-electron chi connectivity index (χ1n) is 11.5. The molecular formula is C25H31N5O2. The second-order valence-electron chi connectivity index (χ2n) is 8.93. The van der Waals surface area contributed by atoms with E-state index < -0.39 is 0 Å². The first kappa shape index (κ1) is 20.8. The fraction of sp³-hybridized carbons (Fsp3) is 0.440. The fourth-order valence-electron chi connectivity index (χ4n) is 4.98. The molecule has 0 spiro atoms. The number of rotatable bonds is 4. The minimum atomic E-state index is -0.000903. The normalized spacial score (nSPS) is 20.0. The minimum Gasteiger partial charge on any atom is -0.460 e. The SMILES string of the molecule is Cc1ccc(-c2cc(C(=O)N3CCC[C@@H](N4CCN(c5ccccc5C)CC4)C3)n[nH]2)o1. The Morgan fingerprint density at radius 1 is 1.06 bits per heavy atom. The number of aromatic nitrogens is 2. The number of benzene rings is 1. The van der Waals surface area contributed by atoms with Crippen LogP contribution in [0.3, 0.4) is 0 Å². The van der Waals surface area contributed by atoms with Gasteiger partial charge in [0, 0.05) is 57.1 Å². The third-order valence-electron chi connectivity index (χ3n) is 6.77. The van der Waals surface area contributed by atoms with Crippen molar-refractivity contribution >= 4 is 11.6 Å². The second kappa shape index (κ2) is 8.82. The molecule has 1 atom stereocenters. The van der Waals surface area contributed by atoms with Gasteiger partial charge in [0.1, 0.15) is 11.5 Å². The molecule has 3 aromatic rings. The summed E-state index contributed by atoms with van der Waals surface area (Å²) in [6.07, 6.45) is 2.18. The molecule has 1 amide bonds. The average Bonchev–Trinajstić information content (AvgIpc) is 3.48. The summed E-state index contributed by atoms with van der Waals surface area (Å²) in [5, 5.41) is 7.22. The van der Waals surface area contributed by atoms with Crippen LogP contribution < -0.4 is 4.90 Å². The van der Waals surface area contributed by atoms with Gasteiger partial charge in [-0.05, 0) is 50.5 Å². The Morgan fingerprint density at radius 3 is 2.62 bits per heavy atom. The van der Waals surface area contributed by atoms with Crippen LogP contribution in [0, 0.1) is 13.8 Å². The molecule has 7 heteroatoms. The molecule has 4 heterocycles. The van der Waals surface area contributed by atoms with Gasteiger partial charge in [-0.15, -0.1) is 0 Å². The molecule has 0 aliphatic carbocycles. The molecule has 2 saturated heterocycles. The topological polar surface area (TPSA) is 68.6 Å². The summed E-state index contributed by atoms with van der Waals surface area (Å²) in [4.78, 5) is 20.2. The monoisotopic (exact) mass is 433 g/mol. The number of para-hydroxylation sites is 1. The Labute approximate surface area is 189 Å². The summed E-state index contributed by atoms with van der Waals surface area (Å²) >= 11 is 0. The van der Waals surface area contributed by atoms with Gasteiger partial charge in [-0.1, -0.05) is 18.2 Å². The quantitative estimate of drug-likeness (QED) is 0.679. The van der Waals surface area contributed by atoms with Crippen molar-refractivity contribution in [1.82, 2.24) is 20.0 Å². The van der Waals surface area contributed by atoms with Gasteiger partial charge in [0.15, 0.2) is 11.5 Å². The highest BCUT2D eigenvalue weighted by Crippen LogP contribution is 2.25. The number of furan rings is 1. The van der Waals surface area contributed by atoms with Gasteiger partial charge in [0.25, 0.3) is 5.91 Å². The van der Waals surface area contributed by atoms with E-state index >= 15 is 0 Å². The Balaban J connectivity index is 1.20. The fourth-order valence-corrected chi connectivity index (χ4v) is 4.98. The van der Waals surface area contributed by atoms with Crippen molar-refractivity contribution in [3.05, 3.63) is 59.5 Å². The number of amides is 1. The van der Waals surface area contributed by atoms with E-state index in [0.29, 0.717) is 17.5 Å². The number of anilines is 1. The molecule has 0 radical (unpaired) electrons. The summed E-state index contributed by atoms with van der Waals surface area (Å²) in [6.45, 7) is 9.77. The first-order chi connectivity index (χ1) is 15.6. The lowest BCUT2D eigenvalue weighted by atomic mass is 10.0. The largest absolute Gasteiger partial charge is 0.460 e. The lowest BCUT2D eigenvalue weighted by molar-refractivity contribution is 0.0558. The van der Waals surface area contributed by atoms with E-state index in [1.807, 2.05) is 24.0 Å². The van der Waals surface area contributed by atoms with E-state index in [2.05, 4.69) is 51.2 Å². The first-order valence-corrected chi connectivity index (χ1v) is 11.5. The highest BCUT2D eigenvalue weighted by Gasteiger charge is 2.31. The molecule has 7 nitrogen and oxygen atoms in total. The molecule has 2 fully saturated rings. The van der Waals surface area contributed by atoms with Gasteiger partial charge in [0.2, 0.25) is 0 Å². The standard InChI is InChI=1S/C25H31N5O2/c1-18-6-3-4-8-23(18)29-14-12-28(13-15-29)20-7-5-11-30(17-20)25(31)22-16-21(26-27-22)24-10-9-19(2)32-24/h3-4,6,8-10,16,20H,5,7,11-15,17H2,1-2H3,(H,26,27)/t20-/m1/s1. The number of aromatic amines is 1. The third kappa shape index (κ3) is 4.17. The number of hydrogen-bond donors (Lipinski definition) is 1. The molecular weight excluding hydrogens is 402 g/mol. The van der Waals surface area contributed by atoms with Crippen LogP contribution in [0.4, 0.5) is 5.69 Å². The second-order valence-corrected chi connectivity index (χ2v) is 8.93. The number of hydrogen-bond acceptors (Lipinski definition) is 5. The van der Waals surface area contributed by atoms with Crippen LogP contribution in [0.15, 0.2) is 46.9 Å². The lowest BCUT2D eigenvalue weighted by Gasteiger charge is -2.44. The molecule has 1 N–H and O–H groups in total. The number of nitrogens with zero attached hydrogens (tertiary/aromatic N) is 4. The summed E-state index contributed by atoms with van der Waals surface area (Å²) in [6, 6.07) is 14.6. The van der Waals surface area contributed by atoms with Gasteiger partial charge < -0.3 is 14.2 Å². The average molecular weight is 434 g/mol. The van der Waals surface area contributed by atoms with E-state index in [9.17, 15) is 4.79 Å². The molecule has 1 aromatic carbocycles. The minimum absolute atomic E-state index is 0.000903. The number of aryl methyl sites for hydroxylation is 2. The zero-order valence-corrected chi connectivity index (χ0v) is 18.9. The van der Waals surface area contributed by atoms with Gasteiger partial charge in [0.05, 0.1) is 0 Å². The van der Waals surface area contributed by atoms with Crippen LogP contribution in [-0.2, 0) is 0 Å². The zero-order valence-electron chi connectivity index (χ0n) is 18.9. The maximum Gasteiger partial charge on any atom is 0.274 e. The molecule has 2 aliphatic rings. The van der Waals surface area contributed by atoms with E-state index in [1.165, 1.54) is 11.3 Å². The summed E-state index contributed by atoms with van der Waals surface area (Å²) in [5.41, 5.74) is 3.87. The molecule has 0 saturated carbocycles. The molecule has 0 bridgehead atoms. The van der Waals surface area contributed by atoms with Crippen molar-refractivity contribution in [1.29, 1.82) is 0 Å². The Kier molecular flexibility index (Phi) is 5.74.